The van der Waals surface area contributed by atoms with Gasteiger partial charge in [0.15, 0.2) is 0 Å². The van der Waals surface area contributed by atoms with Crippen molar-refractivity contribution in [3.63, 3.8) is 0 Å². The molecule has 1 amide bonds. The van der Waals surface area contributed by atoms with E-state index in [1.165, 1.54) is 18.2 Å². The number of rotatable bonds is 10. The van der Waals surface area contributed by atoms with Gasteiger partial charge in [0.2, 0.25) is 5.91 Å². The minimum atomic E-state index is -4.00. The third-order valence-electron chi connectivity index (χ3n) is 5.28. The highest BCUT2D eigenvalue weighted by Gasteiger charge is 2.28. The lowest BCUT2D eigenvalue weighted by atomic mass is 9.97. The number of halogens is 1. The van der Waals surface area contributed by atoms with Gasteiger partial charge in [-0.1, -0.05) is 61.8 Å². The molecular formula is C26H29ClN2O4S. The summed E-state index contributed by atoms with van der Waals surface area (Å²) in [6, 6.07) is 21.7. The molecule has 1 N–H and O–H groups in total. The molecule has 8 heteroatoms. The van der Waals surface area contributed by atoms with Crippen molar-refractivity contribution in [2.24, 2.45) is 5.92 Å². The fraction of sp³-hybridized carbons (Fsp3) is 0.269. The molecule has 0 aliphatic heterocycles. The highest BCUT2D eigenvalue weighted by Crippen LogP contribution is 2.27. The van der Waals surface area contributed by atoms with Crippen LogP contribution >= 0.6 is 11.6 Å². The van der Waals surface area contributed by atoms with Crippen molar-refractivity contribution in [1.29, 1.82) is 0 Å². The molecule has 0 unspecified atom stereocenters. The Morgan fingerprint density at radius 3 is 2.26 bits per heavy atom. The number of nitrogens with one attached hydrogen (secondary N) is 1. The predicted octanol–water partition coefficient (Wildman–Crippen LogP) is 5.45. The number of amides is 1. The van der Waals surface area contributed by atoms with E-state index in [9.17, 15) is 13.2 Å². The largest absolute Gasteiger partial charge is 0.497 e. The van der Waals surface area contributed by atoms with E-state index in [0.29, 0.717) is 23.0 Å². The summed E-state index contributed by atoms with van der Waals surface area (Å²) in [4.78, 5) is 13.3. The van der Waals surface area contributed by atoms with Crippen LogP contribution in [0.5, 0.6) is 5.75 Å². The molecule has 0 aliphatic rings. The zero-order chi connectivity index (χ0) is 24.7. The average molecular weight is 501 g/mol. The summed E-state index contributed by atoms with van der Waals surface area (Å²) in [5, 5.41) is 3.40. The lowest BCUT2D eigenvalue weighted by molar-refractivity contribution is -0.120. The van der Waals surface area contributed by atoms with E-state index in [0.717, 1.165) is 15.6 Å². The normalized spacial score (nSPS) is 12.3. The maximum absolute atomic E-state index is 13.5. The van der Waals surface area contributed by atoms with Crippen molar-refractivity contribution in [3.05, 3.63) is 89.4 Å². The Labute approximate surface area is 206 Å². The smallest absolute Gasteiger partial charge is 0.264 e. The summed E-state index contributed by atoms with van der Waals surface area (Å²) in [6.45, 7) is 3.75. The standard InChI is InChI=1S/C26H29ClN2O4S/c1-19(2)16-25(20-12-14-23(33-3)15-13-20)28-26(30)18-29(22-9-7-8-21(27)17-22)34(31,32)24-10-5-4-6-11-24/h4-15,17,19,25H,16,18H2,1-3H3,(H,28,30)/t25-/m1/s1. The van der Waals surface area contributed by atoms with Crippen LogP contribution in [0.4, 0.5) is 5.69 Å². The van der Waals surface area contributed by atoms with Crippen molar-refractivity contribution >= 4 is 33.2 Å². The molecule has 3 aromatic rings. The number of carbonyl (C=O) groups is 1. The first-order chi connectivity index (χ1) is 16.2. The minimum Gasteiger partial charge on any atom is -0.497 e. The number of hydrogen-bond donors (Lipinski definition) is 1. The molecule has 0 aliphatic carbocycles. The molecule has 0 aromatic heterocycles. The summed E-state index contributed by atoms with van der Waals surface area (Å²) >= 11 is 6.14. The average Bonchev–Trinajstić information content (AvgIpc) is 2.82. The molecule has 3 aromatic carbocycles. The Bertz CT molecular complexity index is 1200. The molecule has 1 atom stereocenters. The Balaban J connectivity index is 1.90. The third-order valence-corrected chi connectivity index (χ3v) is 7.30. The summed E-state index contributed by atoms with van der Waals surface area (Å²) in [7, 11) is -2.40. The Kier molecular flexibility index (Phi) is 8.58. The fourth-order valence-corrected chi connectivity index (χ4v) is 5.24. The second-order valence-corrected chi connectivity index (χ2v) is 10.6. The van der Waals surface area contributed by atoms with Crippen molar-refractivity contribution in [1.82, 2.24) is 5.32 Å². The molecule has 0 heterocycles. The van der Waals surface area contributed by atoms with Crippen molar-refractivity contribution in [3.8, 4) is 5.75 Å². The van der Waals surface area contributed by atoms with Gasteiger partial charge in [0.05, 0.1) is 23.7 Å². The number of benzene rings is 3. The highest BCUT2D eigenvalue weighted by molar-refractivity contribution is 7.92. The number of ether oxygens (including phenoxy) is 1. The number of nitrogens with zero attached hydrogens (tertiary/aromatic N) is 1. The Morgan fingerprint density at radius 1 is 1.00 bits per heavy atom. The number of methoxy groups -OCH3 is 1. The van der Waals surface area contributed by atoms with Gasteiger partial charge in [-0.25, -0.2) is 8.42 Å². The van der Waals surface area contributed by atoms with Crippen LogP contribution in [0, 0.1) is 5.92 Å². The molecule has 34 heavy (non-hydrogen) atoms. The third kappa shape index (κ3) is 6.52. The molecule has 0 radical (unpaired) electrons. The Morgan fingerprint density at radius 2 is 1.68 bits per heavy atom. The van der Waals surface area contributed by atoms with E-state index in [-0.39, 0.29) is 17.5 Å². The molecule has 0 spiro atoms. The number of sulfonamides is 1. The van der Waals surface area contributed by atoms with E-state index in [1.807, 2.05) is 24.3 Å². The summed E-state index contributed by atoms with van der Waals surface area (Å²) < 4.78 is 33.3. The van der Waals surface area contributed by atoms with Crippen LogP contribution in [-0.2, 0) is 14.8 Å². The van der Waals surface area contributed by atoms with Crippen LogP contribution in [0.25, 0.3) is 0 Å². The van der Waals surface area contributed by atoms with Gasteiger partial charge < -0.3 is 10.1 Å². The molecular weight excluding hydrogens is 472 g/mol. The van der Waals surface area contributed by atoms with E-state index in [2.05, 4.69) is 19.2 Å². The second kappa shape index (κ2) is 11.4. The highest BCUT2D eigenvalue weighted by atomic mass is 35.5. The zero-order valence-electron chi connectivity index (χ0n) is 19.4. The molecule has 0 saturated heterocycles. The van der Waals surface area contributed by atoms with E-state index in [1.54, 1.807) is 43.5 Å². The van der Waals surface area contributed by atoms with Gasteiger partial charge in [0.1, 0.15) is 12.3 Å². The maximum atomic E-state index is 13.5. The van der Waals surface area contributed by atoms with Crippen LogP contribution < -0.4 is 14.4 Å². The summed E-state index contributed by atoms with van der Waals surface area (Å²) in [6.07, 6.45) is 0.695. The molecule has 3 rings (SSSR count). The SMILES string of the molecule is COc1ccc([C@@H](CC(C)C)NC(=O)CN(c2cccc(Cl)c2)S(=O)(=O)c2ccccc2)cc1. The van der Waals surface area contributed by atoms with Gasteiger partial charge in [-0.15, -0.1) is 0 Å². The van der Waals surface area contributed by atoms with Crippen LogP contribution in [0.3, 0.4) is 0 Å². The van der Waals surface area contributed by atoms with Gasteiger partial charge in [-0.3, -0.25) is 9.10 Å². The van der Waals surface area contributed by atoms with Gasteiger partial charge in [0.25, 0.3) is 10.0 Å². The number of hydrogen-bond acceptors (Lipinski definition) is 4. The van der Waals surface area contributed by atoms with Crippen LogP contribution in [0.2, 0.25) is 5.02 Å². The van der Waals surface area contributed by atoms with Gasteiger partial charge in [-0.2, -0.15) is 0 Å². The monoisotopic (exact) mass is 500 g/mol. The molecule has 0 saturated carbocycles. The van der Waals surface area contributed by atoms with Gasteiger partial charge in [0, 0.05) is 5.02 Å². The van der Waals surface area contributed by atoms with Crippen molar-refractivity contribution < 1.29 is 17.9 Å². The zero-order valence-corrected chi connectivity index (χ0v) is 21.0. The van der Waals surface area contributed by atoms with E-state index in [4.69, 9.17) is 16.3 Å². The molecule has 0 bridgehead atoms. The van der Waals surface area contributed by atoms with Crippen molar-refractivity contribution in [2.45, 2.75) is 31.2 Å². The first kappa shape index (κ1) is 25.6. The van der Waals surface area contributed by atoms with Crippen LogP contribution in [0.15, 0.2) is 83.8 Å². The molecule has 0 fully saturated rings. The summed E-state index contributed by atoms with van der Waals surface area (Å²) in [5.41, 5.74) is 1.24. The number of anilines is 1. The van der Waals surface area contributed by atoms with Gasteiger partial charge >= 0.3 is 0 Å². The molecule has 6 nitrogen and oxygen atoms in total. The first-order valence-electron chi connectivity index (χ1n) is 11.0. The van der Waals surface area contributed by atoms with Crippen molar-refractivity contribution in [2.75, 3.05) is 18.0 Å². The lowest BCUT2D eigenvalue weighted by Crippen LogP contribution is -2.42. The Hall–Kier alpha value is -3.03. The molecule has 180 valence electrons. The quantitative estimate of drug-likeness (QED) is 0.401. The van der Waals surface area contributed by atoms with E-state index >= 15 is 0 Å². The lowest BCUT2D eigenvalue weighted by Gasteiger charge is -2.26. The van der Waals surface area contributed by atoms with E-state index < -0.39 is 15.9 Å². The number of carbonyl (C=O) groups excluding carboxylic acids is 1. The fourth-order valence-electron chi connectivity index (χ4n) is 3.62. The second-order valence-electron chi connectivity index (χ2n) is 8.33. The van der Waals surface area contributed by atoms with Crippen LogP contribution in [-0.4, -0.2) is 28.0 Å². The summed E-state index contributed by atoms with van der Waals surface area (Å²) in [5.74, 6) is 0.616. The van der Waals surface area contributed by atoms with Gasteiger partial charge in [-0.05, 0) is 60.4 Å². The predicted molar refractivity (Wildman–Crippen MR) is 136 cm³/mol. The minimum absolute atomic E-state index is 0.0941. The maximum Gasteiger partial charge on any atom is 0.264 e. The topological polar surface area (TPSA) is 75.7 Å². The van der Waals surface area contributed by atoms with Crippen LogP contribution in [0.1, 0.15) is 31.9 Å². The first-order valence-corrected chi connectivity index (χ1v) is 12.8.